The van der Waals surface area contributed by atoms with Gasteiger partial charge in [0.25, 0.3) is 0 Å². The molecule has 0 spiro atoms. The molecule has 0 aliphatic carbocycles. The lowest BCUT2D eigenvalue weighted by Crippen LogP contribution is -2.09. The van der Waals surface area contributed by atoms with E-state index in [1.807, 2.05) is 30.9 Å². The second-order valence-electron chi connectivity index (χ2n) is 2.53. The molecule has 2 nitrogen and oxygen atoms in total. The van der Waals surface area contributed by atoms with Gasteiger partial charge in [0.15, 0.2) is 0 Å². The third-order valence-electron chi connectivity index (χ3n) is 1.60. The average Bonchev–Trinajstić information content (AvgIpc) is 2.04. The van der Waals surface area contributed by atoms with Gasteiger partial charge in [-0.15, -0.1) is 6.20 Å². The Morgan fingerprint density at radius 3 is 2.55 bits per heavy atom. The van der Waals surface area contributed by atoms with Gasteiger partial charge in [-0.05, 0) is 27.4 Å². The Hall–Kier alpha value is -0.790. The normalized spacial score (nSPS) is 12.5. The highest BCUT2D eigenvalue weighted by Crippen LogP contribution is 1.80. The van der Waals surface area contributed by atoms with Crippen LogP contribution in [0, 0.1) is 0 Å². The smallest absolute Gasteiger partial charge is 0.122 e. The van der Waals surface area contributed by atoms with Crippen LogP contribution in [0.1, 0.15) is 13.8 Å². The molecule has 0 radical (unpaired) electrons. The minimum atomic E-state index is 1.00. The van der Waals surface area contributed by atoms with Gasteiger partial charge in [-0.2, -0.15) is 6.08 Å². The van der Waals surface area contributed by atoms with Crippen molar-refractivity contribution in [1.29, 1.82) is 0 Å². The molecule has 0 aromatic heterocycles. The van der Waals surface area contributed by atoms with Gasteiger partial charge in [-0.1, -0.05) is 0 Å². The van der Waals surface area contributed by atoms with Crippen molar-refractivity contribution in [1.82, 2.24) is 4.90 Å². The standard InChI is InChI=1S/C9H18N2/c1-5-10(3)8-7-9-11(4)6-2/h7-8H,5-6H2,1-4H3. The third kappa shape index (κ3) is 5.64. The molecule has 11 heavy (non-hydrogen) atoms. The molecule has 0 fully saturated rings. The van der Waals surface area contributed by atoms with E-state index >= 15 is 0 Å². The van der Waals surface area contributed by atoms with E-state index in [-0.39, 0.29) is 0 Å². The molecule has 0 saturated heterocycles. The van der Waals surface area contributed by atoms with Crippen LogP contribution in [-0.4, -0.2) is 42.9 Å². The third-order valence-corrected chi connectivity index (χ3v) is 1.60. The highest BCUT2D eigenvalue weighted by atomic mass is 15.1. The summed E-state index contributed by atoms with van der Waals surface area (Å²) in [5, 5.41) is 0. The maximum atomic E-state index is 3.11. The number of hydrogen-bond donors (Lipinski definition) is 0. The fraction of sp³-hybridized carbons (Fsp3) is 0.667. The molecule has 0 aromatic rings. The van der Waals surface area contributed by atoms with Crippen molar-refractivity contribution >= 4 is 6.21 Å². The molecule has 0 aromatic carbocycles. The fourth-order valence-corrected chi connectivity index (χ4v) is 0.485. The zero-order valence-corrected chi connectivity index (χ0v) is 7.96. The molecule has 0 heterocycles. The number of nitrogens with zero attached hydrogens (tertiary/aromatic N) is 2. The predicted molar refractivity (Wildman–Crippen MR) is 49.2 cm³/mol. The molecule has 0 atom stereocenters. The van der Waals surface area contributed by atoms with Gasteiger partial charge in [-0.3, -0.25) is 0 Å². The van der Waals surface area contributed by atoms with Gasteiger partial charge in [0, 0.05) is 6.21 Å². The van der Waals surface area contributed by atoms with Crippen LogP contribution in [0.4, 0.5) is 0 Å². The van der Waals surface area contributed by atoms with E-state index in [0.29, 0.717) is 0 Å². The van der Waals surface area contributed by atoms with Crippen LogP contribution in [0.25, 0.3) is 0 Å². The number of rotatable bonds is 4. The van der Waals surface area contributed by atoms with Crippen LogP contribution in [0.3, 0.4) is 0 Å². The van der Waals surface area contributed by atoms with Crippen LogP contribution in [-0.2, 0) is 0 Å². The van der Waals surface area contributed by atoms with Crippen molar-refractivity contribution in [2.45, 2.75) is 13.8 Å². The van der Waals surface area contributed by atoms with Crippen LogP contribution in [0.5, 0.6) is 0 Å². The molecular weight excluding hydrogens is 136 g/mol. The van der Waals surface area contributed by atoms with E-state index < -0.39 is 0 Å². The summed E-state index contributed by atoms with van der Waals surface area (Å²) < 4.78 is 2.01. The van der Waals surface area contributed by atoms with Gasteiger partial charge in [0.2, 0.25) is 0 Å². The topological polar surface area (TPSA) is 6.25 Å². The van der Waals surface area contributed by atoms with Gasteiger partial charge in [0.05, 0.1) is 0 Å². The Kier molecular flexibility index (Phi) is 5.53. The Balaban J connectivity index is 3.75. The zero-order chi connectivity index (χ0) is 8.69. The lowest BCUT2D eigenvalue weighted by atomic mass is 10.5. The molecular formula is C9H18N2. The summed E-state index contributed by atoms with van der Waals surface area (Å²) in [4.78, 5) is 2.11. The molecule has 0 N–H and O–H groups in total. The first kappa shape index (κ1) is 10.2. The summed E-state index contributed by atoms with van der Waals surface area (Å²) in [6, 6.07) is 0. The highest BCUT2D eigenvalue weighted by molar-refractivity contribution is 5.65. The number of hydrogen-bond acceptors (Lipinski definition) is 1. The van der Waals surface area contributed by atoms with E-state index in [0.717, 1.165) is 13.1 Å². The Morgan fingerprint density at radius 1 is 1.45 bits per heavy atom. The molecule has 0 unspecified atom stereocenters. The first-order valence-electron chi connectivity index (χ1n) is 4.04. The minimum absolute atomic E-state index is 1.00. The van der Waals surface area contributed by atoms with E-state index in [4.69, 9.17) is 0 Å². The molecule has 0 aliphatic rings. The first-order chi connectivity index (χ1) is 5.20. The van der Waals surface area contributed by atoms with E-state index in [1.165, 1.54) is 0 Å². The average molecular weight is 154 g/mol. The maximum absolute atomic E-state index is 3.11. The van der Waals surface area contributed by atoms with Crippen LogP contribution < -0.4 is 0 Å². The van der Waals surface area contributed by atoms with Crippen molar-refractivity contribution in [3.8, 4) is 0 Å². The molecule has 0 rings (SSSR count). The van der Waals surface area contributed by atoms with Gasteiger partial charge in [0.1, 0.15) is 13.6 Å². The van der Waals surface area contributed by atoms with Crippen LogP contribution in [0.15, 0.2) is 12.3 Å². The van der Waals surface area contributed by atoms with Crippen LogP contribution >= 0.6 is 0 Å². The molecule has 0 bridgehead atoms. The largest absolute Gasteiger partial charge is 0.457 e. The second kappa shape index (κ2) is 5.96. The minimum Gasteiger partial charge on any atom is -0.457 e. The van der Waals surface area contributed by atoms with Crippen molar-refractivity contribution < 1.29 is 4.58 Å². The summed E-state index contributed by atoms with van der Waals surface area (Å²) in [5.74, 6) is 0. The summed E-state index contributed by atoms with van der Waals surface area (Å²) in [6.07, 6.45) is 7.07. The highest BCUT2D eigenvalue weighted by Gasteiger charge is 1.77. The molecule has 2 heteroatoms. The van der Waals surface area contributed by atoms with Gasteiger partial charge >= 0.3 is 0 Å². The van der Waals surface area contributed by atoms with E-state index in [9.17, 15) is 0 Å². The van der Waals surface area contributed by atoms with E-state index in [1.54, 1.807) is 0 Å². The predicted octanol–water partition coefficient (Wildman–Crippen LogP) is 1.06. The van der Waals surface area contributed by atoms with Crippen molar-refractivity contribution in [2.24, 2.45) is 0 Å². The summed E-state index contributed by atoms with van der Waals surface area (Å²) >= 11 is 0. The zero-order valence-electron chi connectivity index (χ0n) is 7.96. The lowest BCUT2D eigenvalue weighted by Gasteiger charge is -2.14. The maximum Gasteiger partial charge on any atom is 0.122 e. The lowest BCUT2D eigenvalue weighted by molar-refractivity contribution is -0.487. The van der Waals surface area contributed by atoms with E-state index in [2.05, 4.69) is 25.0 Å². The number of allylic oxidation sites excluding steroid dienone is 1. The van der Waals surface area contributed by atoms with Gasteiger partial charge in [-0.25, -0.2) is 0 Å². The fourth-order valence-electron chi connectivity index (χ4n) is 0.485. The van der Waals surface area contributed by atoms with Crippen LogP contribution in [0.2, 0.25) is 0 Å². The van der Waals surface area contributed by atoms with Crippen molar-refractivity contribution in [2.75, 3.05) is 27.2 Å². The SMILES string of the molecule is CCN(C)C=C[C-]=[N+](C)CC. The summed E-state index contributed by atoms with van der Waals surface area (Å²) in [7, 11) is 4.06. The van der Waals surface area contributed by atoms with Crippen molar-refractivity contribution in [3.63, 3.8) is 0 Å². The summed E-state index contributed by atoms with van der Waals surface area (Å²) in [6.45, 7) is 6.26. The monoisotopic (exact) mass is 154 g/mol. The Bertz CT molecular complexity index is 148. The molecule has 0 aliphatic heterocycles. The molecule has 0 saturated carbocycles. The Labute approximate surface area is 69.8 Å². The first-order valence-corrected chi connectivity index (χ1v) is 4.04. The summed E-state index contributed by atoms with van der Waals surface area (Å²) in [5.41, 5.74) is 0. The molecule has 0 amide bonds. The van der Waals surface area contributed by atoms with Crippen molar-refractivity contribution in [3.05, 3.63) is 12.3 Å². The Morgan fingerprint density at radius 2 is 2.09 bits per heavy atom. The van der Waals surface area contributed by atoms with Gasteiger partial charge < -0.3 is 9.48 Å². The second-order valence-corrected chi connectivity index (χ2v) is 2.53. The quantitative estimate of drug-likeness (QED) is 0.333. The molecule has 64 valence electrons.